The van der Waals surface area contributed by atoms with E-state index < -0.39 is 0 Å². The standard InChI is InChI=1S/C12H21N3O/c1-5-15(6-2)11-8-7-10(13)12(14-11)16-9(3)4/h7-9H,5-6,13H2,1-4H3. The number of hydrogen-bond donors (Lipinski definition) is 1. The summed E-state index contributed by atoms with van der Waals surface area (Å²) in [6.07, 6.45) is 0.0850. The molecule has 0 saturated carbocycles. The van der Waals surface area contributed by atoms with E-state index in [9.17, 15) is 0 Å². The largest absolute Gasteiger partial charge is 0.473 e. The number of hydrogen-bond acceptors (Lipinski definition) is 4. The van der Waals surface area contributed by atoms with Crippen molar-refractivity contribution in [2.45, 2.75) is 33.8 Å². The zero-order chi connectivity index (χ0) is 12.1. The van der Waals surface area contributed by atoms with Crippen molar-refractivity contribution in [3.05, 3.63) is 12.1 Å². The minimum absolute atomic E-state index is 0.0850. The summed E-state index contributed by atoms with van der Waals surface area (Å²) < 4.78 is 5.56. The van der Waals surface area contributed by atoms with Crippen molar-refractivity contribution < 1.29 is 4.74 Å². The molecule has 16 heavy (non-hydrogen) atoms. The summed E-state index contributed by atoms with van der Waals surface area (Å²) in [5.41, 5.74) is 6.40. The van der Waals surface area contributed by atoms with E-state index in [0.717, 1.165) is 18.9 Å². The van der Waals surface area contributed by atoms with E-state index in [0.29, 0.717) is 11.6 Å². The highest BCUT2D eigenvalue weighted by atomic mass is 16.5. The van der Waals surface area contributed by atoms with Gasteiger partial charge in [0.15, 0.2) is 0 Å². The van der Waals surface area contributed by atoms with Crippen molar-refractivity contribution >= 4 is 11.5 Å². The third kappa shape index (κ3) is 3.02. The molecule has 90 valence electrons. The topological polar surface area (TPSA) is 51.4 Å². The Balaban J connectivity index is 2.96. The van der Waals surface area contributed by atoms with E-state index in [4.69, 9.17) is 10.5 Å². The number of pyridine rings is 1. The molecule has 1 aromatic rings. The van der Waals surface area contributed by atoms with Crippen LogP contribution in [0.1, 0.15) is 27.7 Å². The lowest BCUT2D eigenvalue weighted by Gasteiger charge is -2.21. The summed E-state index contributed by atoms with van der Waals surface area (Å²) in [5, 5.41) is 0. The SMILES string of the molecule is CCN(CC)c1ccc(N)c(OC(C)C)n1. The van der Waals surface area contributed by atoms with Gasteiger partial charge in [-0.25, -0.2) is 0 Å². The smallest absolute Gasteiger partial charge is 0.239 e. The average molecular weight is 223 g/mol. The number of anilines is 2. The first-order valence-electron chi connectivity index (χ1n) is 5.76. The van der Waals surface area contributed by atoms with E-state index >= 15 is 0 Å². The summed E-state index contributed by atoms with van der Waals surface area (Å²) in [6, 6.07) is 3.77. The Morgan fingerprint density at radius 2 is 1.94 bits per heavy atom. The molecular formula is C12H21N3O. The van der Waals surface area contributed by atoms with Crippen molar-refractivity contribution in [2.75, 3.05) is 23.7 Å². The lowest BCUT2D eigenvalue weighted by molar-refractivity contribution is 0.234. The molecule has 0 aliphatic heterocycles. The van der Waals surface area contributed by atoms with Crippen molar-refractivity contribution in [1.82, 2.24) is 4.98 Å². The predicted molar refractivity (Wildman–Crippen MR) is 68.0 cm³/mol. The maximum atomic E-state index is 5.81. The van der Waals surface area contributed by atoms with Gasteiger partial charge in [-0.3, -0.25) is 0 Å². The molecule has 1 aromatic heterocycles. The van der Waals surface area contributed by atoms with Gasteiger partial charge in [-0.1, -0.05) is 0 Å². The molecule has 1 rings (SSSR count). The Bertz CT molecular complexity index is 335. The van der Waals surface area contributed by atoms with Gasteiger partial charge in [-0.15, -0.1) is 0 Å². The summed E-state index contributed by atoms with van der Waals surface area (Å²) >= 11 is 0. The Labute approximate surface area is 97.4 Å². The molecule has 4 heteroatoms. The summed E-state index contributed by atoms with van der Waals surface area (Å²) in [5.74, 6) is 1.44. The second kappa shape index (κ2) is 5.58. The normalized spacial score (nSPS) is 10.6. The fraction of sp³-hybridized carbons (Fsp3) is 0.583. The van der Waals surface area contributed by atoms with Crippen LogP contribution in [0.2, 0.25) is 0 Å². The van der Waals surface area contributed by atoms with Crippen LogP contribution in [0.5, 0.6) is 5.88 Å². The molecular weight excluding hydrogens is 202 g/mol. The number of rotatable bonds is 5. The molecule has 0 unspecified atom stereocenters. The number of nitrogens with zero attached hydrogens (tertiary/aromatic N) is 2. The second-order valence-electron chi connectivity index (χ2n) is 3.90. The molecule has 4 nitrogen and oxygen atoms in total. The maximum Gasteiger partial charge on any atom is 0.239 e. The van der Waals surface area contributed by atoms with Crippen LogP contribution in [-0.4, -0.2) is 24.2 Å². The van der Waals surface area contributed by atoms with Crippen molar-refractivity contribution in [3.8, 4) is 5.88 Å². The first kappa shape index (κ1) is 12.6. The predicted octanol–water partition coefficient (Wildman–Crippen LogP) is 2.30. The highest BCUT2D eigenvalue weighted by Gasteiger charge is 2.09. The van der Waals surface area contributed by atoms with Gasteiger partial charge in [0.1, 0.15) is 5.82 Å². The van der Waals surface area contributed by atoms with Crippen LogP contribution in [0, 0.1) is 0 Å². The molecule has 0 aliphatic carbocycles. The summed E-state index contributed by atoms with van der Waals surface area (Å²) in [4.78, 5) is 6.59. The first-order valence-corrected chi connectivity index (χ1v) is 5.76. The molecule has 0 aliphatic rings. The zero-order valence-corrected chi connectivity index (χ0v) is 10.5. The lowest BCUT2D eigenvalue weighted by Crippen LogP contribution is -2.23. The second-order valence-corrected chi connectivity index (χ2v) is 3.90. The molecule has 0 saturated heterocycles. The Hall–Kier alpha value is -1.45. The van der Waals surface area contributed by atoms with Crippen LogP contribution >= 0.6 is 0 Å². The number of nitrogen functional groups attached to an aromatic ring is 1. The van der Waals surface area contributed by atoms with E-state index in [1.54, 1.807) is 0 Å². The van der Waals surface area contributed by atoms with Gasteiger partial charge in [0, 0.05) is 13.1 Å². The molecule has 0 fully saturated rings. The third-order valence-electron chi connectivity index (χ3n) is 2.31. The van der Waals surface area contributed by atoms with E-state index in [2.05, 4.69) is 23.7 Å². The molecule has 0 aromatic carbocycles. The highest BCUT2D eigenvalue weighted by Crippen LogP contribution is 2.23. The number of aromatic nitrogens is 1. The summed E-state index contributed by atoms with van der Waals surface area (Å²) in [7, 11) is 0. The van der Waals surface area contributed by atoms with Crippen LogP contribution in [0.15, 0.2) is 12.1 Å². The average Bonchev–Trinajstić information content (AvgIpc) is 2.23. The fourth-order valence-electron chi connectivity index (χ4n) is 1.48. The quantitative estimate of drug-likeness (QED) is 0.832. The molecule has 0 radical (unpaired) electrons. The monoisotopic (exact) mass is 223 g/mol. The maximum absolute atomic E-state index is 5.81. The number of ether oxygens (including phenoxy) is 1. The van der Waals surface area contributed by atoms with Crippen molar-refractivity contribution in [2.24, 2.45) is 0 Å². The Morgan fingerprint density at radius 3 is 2.44 bits per heavy atom. The lowest BCUT2D eigenvalue weighted by atomic mass is 10.3. The molecule has 0 spiro atoms. The van der Waals surface area contributed by atoms with Crippen LogP contribution in [0.3, 0.4) is 0 Å². The van der Waals surface area contributed by atoms with Gasteiger partial charge in [0.25, 0.3) is 0 Å². The summed E-state index contributed by atoms with van der Waals surface area (Å²) in [6.45, 7) is 9.98. The van der Waals surface area contributed by atoms with Gasteiger partial charge in [0.2, 0.25) is 5.88 Å². The van der Waals surface area contributed by atoms with Gasteiger partial charge in [0.05, 0.1) is 11.8 Å². The highest BCUT2D eigenvalue weighted by molar-refractivity contribution is 5.54. The molecule has 0 atom stereocenters. The van der Waals surface area contributed by atoms with Gasteiger partial charge >= 0.3 is 0 Å². The van der Waals surface area contributed by atoms with Crippen molar-refractivity contribution in [3.63, 3.8) is 0 Å². The zero-order valence-electron chi connectivity index (χ0n) is 10.5. The molecule has 1 heterocycles. The Morgan fingerprint density at radius 1 is 1.31 bits per heavy atom. The molecule has 0 amide bonds. The van der Waals surface area contributed by atoms with Crippen LogP contribution in [0.4, 0.5) is 11.5 Å². The van der Waals surface area contributed by atoms with E-state index in [1.165, 1.54) is 0 Å². The van der Waals surface area contributed by atoms with Gasteiger partial charge in [-0.2, -0.15) is 4.98 Å². The van der Waals surface area contributed by atoms with Gasteiger partial charge < -0.3 is 15.4 Å². The van der Waals surface area contributed by atoms with Crippen LogP contribution in [-0.2, 0) is 0 Å². The molecule has 0 bridgehead atoms. The van der Waals surface area contributed by atoms with Crippen LogP contribution in [0.25, 0.3) is 0 Å². The Kier molecular flexibility index (Phi) is 4.40. The van der Waals surface area contributed by atoms with E-state index in [-0.39, 0.29) is 6.10 Å². The third-order valence-corrected chi connectivity index (χ3v) is 2.31. The van der Waals surface area contributed by atoms with Crippen LogP contribution < -0.4 is 15.4 Å². The first-order chi connectivity index (χ1) is 7.58. The minimum atomic E-state index is 0.0850. The minimum Gasteiger partial charge on any atom is -0.473 e. The van der Waals surface area contributed by atoms with Crippen molar-refractivity contribution in [1.29, 1.82) is 0 Å². The fourth-order valence-corrected chi connectivity index (χ4v) is 1.48. The van der Waals surface area contributed by atoms with Gasteiger partial charge in [-0.05, 0) is 39.8 Å². The van der Waals surface area contributed by atoms with E-state index in [1.807, 2.05) is 26.0 Å². The molecule has 2 N–H and O–H groups in total. The number of nitrogens with two attached hydrogens (primary N) is 1.